The van der Waals surface area contributed by atoms with Crippen molar-refractivity contribution >= 4 is 11.8 Å². The zero-order valence-electron chi connectivity index (χ0n) is 10.7. The zero-order chi connectivity index (χ0) is 13.2. The topological polar surface area (TPSA) is 70.2 Å². The lowest BCUT2D eigenvalue weighted by Gasteiger charge is -2.11. The average Bonchev–Trinajstić information content (AvgIpc) is 3.03. The molecule has 0 radical (unpaired) electrons. The largest absolute Gasteiger partial charge is 0.350 e. The normalized spacial score (nSPS) is 21.1. The molecular weight excluding hydrogens is 242 g/mol. The van der Waals surface area contributed by atoms with Gasteiger partial charge in [-0.2, -0.15) is 0 Å². The minimum atomic E-state index is -0.358. The fourth-order valence-electron chi connectivity index (χ4n) is 2.58. The fraction of sp³-hybridized carbons (Fsp3) is 0.429. The van der Waals surface area contributed by atoms with Crippen LogP contribution in [-0.4, -0.2) is 17.9 Å². The summed E-state index contributed by atoms with van der Waals surface area (Å²) in [5, 5.41) is 8.84. The van der Waals surface area contributed by atoms with Crippen LogP contribution in [-0.2, 0) is 29.2 Å². The molecule has 2 aliphatic rings. The quantitative estimate of drug-likeness (QED) is 0.725. The van der Waals surface area contributed by atoms with E-state index in [-0.39, 0.29) is 17.9 Å². The first-order chi connectivity index (χ1) is 9.22. The molecule has 3 rings (SSSR count). The van der Waals surface area contributed by atoms with Gasteiger partial charge in [-0.05, 0) is 23.1 Å². The smallest absolute Gasteiger partial charge is 0.242 e. The van der Waals surface area contributed by atoms with E-state index in [4.69, 9.17) is 0 Å². The second-order valence-electron chi connectivity index (χ2n) is 5.08. The van der Waals surface area contributed by atoms with E-state index in [1.807, 2.05) is 6.07 Å². The van der Waals surface area contributed by atoms with Gasteiger partial charge in [-0.3, -0.25) is 9.59 Å². The van der Waals surface area contributed by atoms with Crippen LogP contribution in [0.3, 0.4) is 0 Å². The molecule has 1 aromatic rings. The molecule has 1 saturated heterocycles. The maximum Gasteiger partial charge on any atom is 0.242 e. The Morgan fingerprint density at radius 1 is 1.32 bits per heavy atom. The van der Waals surface area contributed by atoms with Crippen molar-refractivity contribution < 1.29 is 9.59 Å². The summed E-state index contributed by atoms with van der Waals surface area (Å²) in [6.07, 6.45) is 1.04. The molecule has 5 heteroatoms. The standard InChI is InChI=1S/C14H17N3O2/c18-13-4-3-12(17-13)14(19)16-6-9-1-2-10-7-15-8-11(10)5-9/h1-2,5,12,15H,3-4,6-8H2,(H,16,19)(H,17,18)/t12-/m1/s1. The van der Waals surface area contributed by atoms with Crippen LogP contribution in [0.25, 0.3) is 0 Å². The van der Waals surface area contributed by atoms with E-state index in [2.05, 4.69) is 28.1 Å². The van der Waals surface area contributed by atoms with E-state index < -0.39 is 0 Å². The molecule has 2 amide bonds. The number of nitrogens with one attached hydrogen (secondary N) is 3. The van der Waals surface area contributed by atoms with Crippen LogP contribution in [0.15, 0.2) is 18.2 Å². The highest BCUT2D eigenvalue weighted by Crippen LogP contribution is 2.17. The summed E-state index contributed by atoms with van der Waals surface area (Å²) in [7, 11) is 0. The Morgan fingerprint density at radius 2 is 2.16 bits per heavy atom. The Morgan fingerprint density at radius 3 is 2.95 bits per heavy atom. The third-order valence-electron chi connectivity index (χ3n) is 3.68. The lowest BCUT2D eigenvalue weighted by atomic mass is 10.1. The second kappa shape index (κ2) is 5.01. The van der Waals surface area contributed by atoms with Crippen molar-refractivity contribution in [3.8, 4) is 0 Å². The Balaban J connectivity index is 1.57. The Kier molecular flexibility index (Phi) is 3.21. The van der Waals surface area contributed by atoms with Crippen LogP contribution in [0.5, 0.6) is 0 Å². The summed E-state index contributed by atoms with van der Waals surface area (Å²) in [5.41, 5.74) is 3.74. The van der Waals surface area contributed by atoms with Gasteiger partial charge in [-0.1, -0.05) is 18.2 Å². The lowest BCUT2D eigenvalue weighted by Crippen LogP contribution is -2.41. The van der Waals surface area contributed by atoms with Crippen molar-refractivity contribution in [1.29, 1.82) is 0 Å². The molecule has 100 valence electrons. The monoisotopic (exact) mass is 259 g/mol. The van der Waals surface area contributed by atoms with Gasteiger partial charge in [0.1, 0.15) is 6.04 Å². The van der Waals surface area contributed by atoms with Gasteiger partial charge in [-0.15, -0.1) is 0 Å². The third-order valence-corrected chi connectivity index (χ3v) is 3.68. The second-order valence-corrected chi connectivity index (χ2v) is 5.08. The van der Waals surface area contributed by atoms with E-state index >= 15 is 0 Å². The van der Waals surface area contributed by atoms with E-state index in [1.165, 1.54) is 11.1 Å². The van der Waals surface area contributed by atoms with Gasteiger partial charge < -0.3 is 16.0 Å². The number of carbonyl (C=O) groups is 2. The highest BCUT2D eigenvalue weighted by Gasteiger charge is 2.26. The first kappa shape index (κ1) is 12.2. The number of rotatable bonds is 3. The summed E-state index contributed by atoms with van der Waals surface area (Å²) >= 11 is 0. The van der Waals surface area contributed by atoms with Gasteiger partial charge in [0.05, 0.1) is 0 Å². The maximum absolute atomic E-state index is 11.9. The highest BCUT2D eigenvalue weighted by molar-refractivity contribution is 5.90. The molecule has 5 nitrogen and oxygen atoms in total. The van der Waals surface area contributed by atoms with Crippen molar-refractivity contribution in [2.45, 2.75) is 38.5 Å². The van der Waals surface area contributed by atoms with Crippen LogP contribution in [0.4, 0.5) is 0 Å². The third kappa shape index (κ3) is 2.61. The van der Waals surface area contributed by atoms with Crippen LogP contribution in [0.1, 0.15) is 29.5 Å². The molecule has 2 aliphatic heterocycles. The molecule has 1 aromatic carbocycles. The summed E-state index contributed by atoms with van der Waals surface area (Å²) < 4.78 is 0. The van der Waals surface area contributed by atoms with Crippen molar-refractivity contribution in [2.75, 3.05) is 0 Å². The first-order valence-electron chi connectivity index (χ1n) is 6.61. The van der Waals surface area contributed by atoms with Crippen LogP contribution in [0.2, 0.25) is 0 Å². The predicted molar refractivity (Wildman–Crippen MR) is 70.0 cm³/mol. The molecule has 1 atom stereocenters. The summed E-state index contributed by atoms with van der Waals surface area (Å²) in [6.45, 7) is 2.34. The number of hydrogen-bond donors (Lipinski definition) is 3. The zero-order valence-corrected chi connectivity index (χ0v) is 10.7. The van der Waals surface area contributed by atoms with Crippen LogP contribution < -0.4 is 16.0 Å². The number of benzene rings is 1. The molecule has 3 N–H and O–H groups in total. The van der Waals surface area contributed by atoms with Gasteiger partial charge in [0, 0.05) is 26.1 Å². The molecule has 2 heterocycles. The molecule has 19 heavy (non-hydrogen) atoms. The van der Waals surface area contributed by atoms with Crippen molar-refractivity contribution in [2.24, 2.45) is 0 Å². The minimum Gasteiger partial charge on any atom is -0.350 e. The molecular formula is C14H17N3O2. The number of amides is 2. The van der Waals surface area contributed by atoms with E-state index in [0.717, 1.165) is 18.7 Å². The summed E-state index contributed by atoms with van der Waals surface area (Å²) in [6, 6.07) is 5.92. The highest BCUT2D eigenvalue weighted by atomic mass is 16.2. The summed E-state index contributed by atoms with van der Waals surface area (Å²) in [5.74, 6) is -0.131. The van der Waals surface area contributed by atoms with Crippen LogP contribution >= 0.6 is 0 Å². The SMILES string of the molecule is O=C1CC[C@H](C(=O)NCc2ccc3c(c2)CNC3)N1. The van der Waals surface area contributed by atoms with Crippen molar-refractivity contribution in [1.82, 2.24) is 16.0 Å². The van der Waals surface area contributed by atoms with Gasteiger partial charge in [0.2, 0.25) is 11.8 Å². The van der Waals surface area contributed by atoms with Crippen LogP contribution in [0, 0.1) is 0 Å². The molecule has 0 bridgehead atoms. The maximum atomic E-state index is 11.9. The Bertz CT molecular complexity index is 527. The molecule has 0 aliphatic carbocycles. The Labute approximate surface area is 111 Å². The number of fused-ring (bicyclic) bond motifs is 1. The van der Waals surface area contributed by atoms with E-state index in [1.54, 1.807) is 0 Å². The Hall–Kier alpha value is -1.88. The van der Waals surface area contributed by atoms with E-state index in [0.29, 0.717) is 19.4 Å². The lowest BCUT2D eigenvalue weighted by molar-refractivity contribution is -0.125. The summed E-state index contributed by atoms with van der Waals surface area (Å²) in [4.78, 5) is 22.9. The minimum absolute atomic E-state index is 0.0382. The van der Waals surface area contributed by atoms with Gasteiger partial charge in [0.15, 0.2) is 0 Å². The molecule has 1 fully saturated rings. The fourth-order valence-corrected chi connectivity index (χ4v) is 2.58. The average molecular weight is 259 g/mol. The molecule has 0 aromatic heterocycles. The number of carbonyl (C=O) groups excluding carboxylic acids is 2. The van der Waals surface area contributed by atoms with Gasteiger partial charge >= 0.3 is 0 Å². The van der Waals surface area contributed by atoms with Gasteiger partial charge in [-0.25, -0.2) is 0 Å². The van der Waals surface area contributed by atoms with E-state index in [9.17, 15) is 9.59 Å². The first-order valence-corrected chi connectivity index (χ1v) is 6.61. The van der Waals surface area contributed by atoms with Crippen molar-refractivity contribution in [3.05, 3.63) is 34.9 Å². The molecule has 0 saturated carbocycles. The molecule has 0 unspecified atom stereocenters. The predicted octanol–water partition coefficient (Wildman–Crippen LogP) is 0.185. The molecule has 0 spiro atoms. The number of hydrogen-bond acceptors (Lipinski definition) is 3. The van der Waals surface area contributed by atoms with Gasteiger partial charge in [0.25, 0.3) is 0 Å². The van der Waals surface area contributed by atoms with Crippen molar-refractivity contribution in [3.63, 3.8) is 0 Å².